The summed E-state index contributed by atoms with van der Waals surface area (Å²) in [4.78, 5) is 5.40. The average molecular weight is 395 g/mol. The minimum absolute atomic E-state index is 0.269. The normalized spacial score (nSPS) is 21.2. The van der Waals surface area contributed by atoms with Gasteiger partial charge in [0.2, 0.25) is 0 Å². The Hall–Kier alpha value is -1.30. The van der Waals surface area contributed by atoms with Gasteiger partial charge in [0.15, 0.2) is 0 Å². The molecule has 0 aliphatic carbocycles. The van der Waals surface area contributed by atoms with Crippen LogP contribution in [0.2, 0.25) is 0 Å². The lowest BCUT2D eigenvalue weighted by molar-refractivity contribution is 0.168. The summed E-state index contributed by atoms with van der Waals surface area (Å²) < 4.78 is 0. The number of likely N-dealkylation sites (tertiary alicyclic amines) is 2. The topological polar surface area (TPSA) is 6.48 Å². The number of rotatable bonds is 10. The van der Waals surface area contributed by atoms with Gasteiger partial charge in [0, 0.05) is 25.6 Å². The fraction of sp³-hybridized carbons (Fsp3) is 0.704. The van der Waals surface area contributed by atoms with Crippen LogP contribution < -0.4 is 0 Å². The van der Waals surface area contributed by atoms with Crippen molar-refractivity contribution in [1.29, 1.82) is 0 Å². The number of hydrogen-bond acceptors (Lipinski definition) is 2. The molecule has 0 saturated carbocycles. The molecule has 0 radical (unpaired) electrons. The van der Waals surface area contributed by atoms with Gasteiger partial charge in [-0.3, -0.25) is 4.90 Å². The Bertz CT molecular complexity index is 650. The maximum absolute atomic E-state index is 3.72. The van der Waals surface area contributed by atoms with E-state index in [0.29, 0.717) is 6.04 Å². The monoisotopic (exact) mass is 394 g/mol. The fourth-order valence-corrected chi connectivity index (χ4v) is 5.02. The number of benzene rings is 1. The second kappa shape index (κ2) is 12.4. The summed E-state index contributed by atoms with van der Waals surface area (Å²) in [6.07, 6.45) is 14.5. The van der Waals surface area contributed by atoms with Gasteiger partial charge >= 0.3 is 0 Å². The lowest BCUT2D eigenvalue weighted by Crippen LogP contribution is -2.41. The lowest BCUT2D eigenvalue weighted by atomic mass is 10.0. The molecule has 2 heterocycles. The molecule has 0 spiro atoms. The number of hydrogen-bond donors (Lipinski definition) is 0. The van der Waals surface area contributed by atoms with Crippen molar-refractivity contribution >= 4 is 0 Å². The molecule has 160 valence electrons. The Morgan fingerprint density at radius 3 is 2.59 bits per heavy atom. The van der Waals surface area contributed by atoms with Gasteiger partial charge in [-0.15, -0.1) is 5.92 Å². The van der Waals surface area contributed by atoms with Crippen LogP contribution in [0, 0.1) is 18.8 Å². The van der Waals surface area contributed by atoms with E-state index < -0.39 is 0 Å². The molecule has 0 N–H and O–H groups in total. The zero-order valence-corrected chi connectivity index (χ0v) is 19.0. The van der Waals surface area contributed by atoms with Crippen molar-refractivity contribution in [2.24, 2.45) is 0 Å². The van der Waals surface area contributed by atoms with Crippen LogP contribution in [0.25, 0.3) is 0 Å². The van der Waals surface area contributed by atoms with Gasteiger partial charge in [0.1, 0.15) is 0 Å². The van der Waals surface area contributed by atoms with Crippen molar-refractivity contribution in [3.05, 3.63) is 35.4 Å². The predicted octanol–water partition coefficient (Wildman–Crippen LogP) is 6.35. The van der Waals surface area contributed by atoms with Crippen molar-refractivity contribution in [2.45, 2.75) is 96.6 Å². The van der Waals surface area contributed by atoms with Gasteiger partial charge in [-0.1, -0.05) is 74.8 Å². The smallest absolute Gasteiger partial charge is 0.0973 e. The van der Waals surface area contributed by atoms with Crippen molar-refractivity contribution in [2.75, 3.05) is 26.2 Å². The highest BCUT2D eigenvalue weighted by atomic mass is 15.3. The van der Waals surface area contributed by atoms with Crippen LogP contribution >= 0.6 is 0 Å². The summed E-state index contributed by atoms with van der Waals surface area (Å²) in [5.41, 5.74) is 2.74. The summed E-state index contributed by atoms with van der Waals surface area (Å²) in [6, 6.07) is 10.00. The molecule has 3 rings (SSSR count). The van der Waals surface area contributed by atoms with Crippen LogP contribution in [0.1, 0.15) is 94.7 Å². The molecule has 1 aromatic rings. The zero-order valence-electron chi connectivity index (χ0n) is 19.0. The summed E-state index contributed by atoms with van der Waals surface area (Å²) in [6.45, 7) is 9.51. The van der Waals surface area contributed by atoms with E-state index in [1.807, 2.05) is 0 Å². The molecule has 1 aromatic carbocycles. The largest absolute Gasteiger partial charge is 0.302 e. The van der Waals surface area contributed by atoms with Gasteiger partial charge in [0.05, 0.1) is 6.04 Å². The summed E-state index contributed by atoms with van der Waals surface area (Å²) >= 11 is 0. The van der Waals surface area contributed by atoms with E-state index in [2.05, 4.69) is 59.8 Å². The van der Waals surface area contributed by atoms with Gasteiger partial charge in [-0.05, 0) is 57.7 Å². The molecule has 2 nitrogen and oxygen atoms in total. The summed E-state index contributed by atoms with van der Waals surface area (Å²) in [5, 5.41) is 0. The molecule has 2 fully saturated rings. The second-order valence-corrected chi connectivity index (χ2v) is 9.20. The number of unbranched alkanes of at least 4 members (excludes halogenated alkanes) is 6. The molecule has 2 aliphatic heterocycles. The molecule has 0 aromatic heterocycles. The van der Waals surface area contributed by atoms with Crippen molar-refractivity contribution < 1.29 is 0 Å². The van der Waals surface area contributed by atoms with E-state index in [-0.39, 0.29) is 6.04 Å². The van der Waals surface area contributed by atoms with Crippen LogP contribution in [0.5, 0.6) is 0 Å². The molecule has 0 unspecified atom stereocenters. The SMILES string of the molecule is CCCCCCCCC#C[C@H](c1cccc(C)c1)N1CCC[C@H]1CN1CCCC1. The van der Waals surface area contributed by atoms with E-state index >= 15 is 0 Å². The number of aryl methyl sites for hydroxylation is 1. The van der Waals surface area contributed by atoms with Gasteiger partial charge in [-0.25, -0.2) is 0 Å². The van der Waals surface area contributed by atoms with Crippen molar-refractivity contribution in [1.82, 2.24) is 9.80 Å². The van der Waals surface area contributed by atoms with Crippen molar-refractivity contribution in [3.63, 3.8) is 0 Å². The molecule has 2 heteroatoms. The van der Waals surface area contributed by atoms with Crippen LogP contribution in [0.4, 0.5) is 0 Å². The minimum Gasteiger partial charge on any atom is -0.302 e. The van der Waals surface area contributed by atoms with E-state index in [1.165, 1.54) is 102 Å². The first kappa shape index (κ1) is 22.4. The zero-order chi connectivity index (χ0) is 20.3. The first-order valence-electron chi connectivity index (χ1n) is 12.3. The van der Waals surface area contributed by atoms with Crippen molar-refractivity contribution in [3.8, 4) is 11.8 Å². The molecular weight excluding hydrogens is 352 g/mol. The third kappa shape index (κ3) is 7.16. The fourth-order valence-electron chi connectivity index (χ4n) is 5.02. The Labute approximate surface area is 180 Å². The minimum atomic E-state index is 0.269. The Morgan fingerprint density at radius 1 is 1.00 bits per heavy atom. The first-order valence-corrected chi connectivity index (χ1v) is 12.3. The Balaban J connectivity index is 1.63. The average Bonchev–Trinajstić information content (AvgIpc) is 3.40. The molecule has 0 amide bonds. The van der Waals surface area contributed by atoms with E-state index in [0.717, 1.165) is 6.42 Å². The Morgan fingerprint density at radius 2 is 1.79 bits per heavy atom. The first-order chi connectivity index (χ1) is 14.3. The van der Waals surface area contributed by atoms with Crippen LogP contribution in [0.3, 0.4) is 0 Å². The molecule has 2 aliphatic rings. The Kier molecular flexibility index (Phi) is 9.58. The van der Waals surface area contributed by atoms with E-state index in [9.17, 15) is 0 Å². The second-order valence-electron chi connectivity index (χ2n) is 9.20. The summed E-state index contributed by atoms with van der Waals surface area (Å²) in [7, 11) is 0. The van der Waals surface area contributed by atoms with Crippen LogP contribution in [-0.2, 0) is 0 Å². The predicted molar refractivity (Wildman–Crippen MR) is 125 cm³/mol. The molecule has 29 heavy (non-hydrogen) atoms. The highest BCUT2D eigenvalue weighted by Crippen LogP contribution is 2.30. The number of nitrogens with zero attached hydrogens (tertiary/aromatic N) is 2. The van der Waals surface area contributed by atoms with Crippen LogP contribution in [0.15, 0.2) is 24.3 Å². The maximum Gasteiger partial charge on any atom is 0.0973 e. The summed E-state index contributed by atoms with van der Waals surface area (Å²) in [5.74, 6) is 7.30. The molecule has 2 saturated heterocycles. The van der Waals surface area contributed by atoms with E-state index in [4.69, 9.17) is 0 Å². The highest BCUT2D eigenvalue weighted by Gasteiger charge is 2.32. The third-order valence-electron chi connectivity index (χ3n) is 6.67. The molecule has 2 atom stereocenters. The standard InChI is InChI=1S/C27H42N2/c1-3-4-5-6-7-8-9-10-18-27(25-16-13-15-24(2)22-25)29-21-14-17-26(29)23-28-19-11-12-20-28/h13,15-16,22,26-27H,3-9,11-12,14,17,19-21,23H2,1-2H3/t26-,27+/m0/s1. The quantitative estimate of drug-likeness (QED) is 0.337. The maximum atomic E-state index is 3.72. The van der Waals surface area contributed by atoms with Gasteiger partial charge in [-0.2, -0.15) is 0 Å². The lowest BCUT2D eigenvalue weighted by Gasteiger charge is -2.33. The highest BCUT2D eigenvalue weighted by molar-refractivity contribution is 5.31. The van der Waals surface area contributed by atoms with Gasteiger partial charge < -0.3 is 4.90 Å². The van der Waals surface area contributed by atoms with Gasteiger partial charge in [0.25, 0.3) is 0 Å². The molecular formula is C27H42N2. The third-order valence-corrected chi connectivity index (χ3v) is 6.67. The van der Waals surface area contributed by atoms with Crippen LogP contribution in [-0.4, -0.2) is 42.0 Å². The molecule has 0 bridgehead atoms. The van der Waals surface area contributed by atoms with E-state index in [1.54, 1.807) is 0 Å².